The van der Waals surface area contributed by atoms with Gasteiger partial charge >= 0.3 is 13.7 Å². The first kappa shape index (κ1) is 29.8. The van der Waals surface area contributed by atoms with Gasteiger partial charge < -0.3 is 14.9 Å². The highest BCUT2D eigenvalue weighted by molar-refractivity contribution is 7.92. The van der Waals surface area contributed by atoms with Crippen molar-refractivity contribution in [3.63, 3.8) is 0 Å². The summed E-state index contributed by atoms with van der Waals surface area (Å²) in [4.78, 5) is 14.0. The van der Waals surface area contributed by atoms with Crippen LogP contribution in [0.3, 0.4) is 0 Å². The van der Waals surface area contributed by atoms with E-state index >= 15 is 0 Å². The van der Waals surface area contributed by atoms with Crippen molar-refractivity contribution in [3.8, 4) is 0 Å². The average molecular weight is 604 g/mol. The van der Waals surface area contributed by atoms with Gasteiger partial charge in [0.25, 0.3) is 0 Å². The summed E-state index contributed by atoms with van der Waals surface area (Å²) in [5.74, 6) is -4.42. The lowest BCUT2D eigenvalue weighted by atomic mass is 9.66. The number of carbonyl (C=O) groups excluding carboxylic acids is 1. The van der Waals surface area contributed by atoms with Crippen LogP contribution >= 0.6 is 7.52 Å². The first-order valence-electron chi connectivity index (χ1n) is 11.9. The molecule has 3 N–H and O–H groups in total. The van der Waals surface area contributed by atoms with Gasteiger partial charge in [-0.2, -0.15) is 17.9 Å². The molecule has 1 heterocycles. The number of anilines is 2. The minimum absolute atomic E-state index is 0.0380. The number of rotatable bonds is 7. The fourth-order valence-corrected chi connectivity index (χ4v) is 6.80. The number of hydrogen-bond donors (Lipinski definition) is 3. The largest absolute Gasteiger partial charge is 0.506 e. The number of nitrogens with zero attached hydrogens (tertiary/aromatic N) is 1. The number of halogens is 4. The van der Waals surface area contributed by atoms with Gasteiger partial charge in [-0.1, -0.05) is 13.0 Å². The minimum Gasteiger partial charge on any atom is -0.506 e. The number of ketones is 1. The van der Waals surface area contributed by atoms with Crippen molar-refractivity contribution in [2.75, 3.05) is 23.4 Å². The van der Waals surface area contributed by atoms with Crippen LogP contribution in [0.15, 0.2) is 46.7 Å². The third-order valence-electron chi connectivity index (χ3n) is 7.01. The van der Waals surface area contributed by atoms with E-state index < -0.39 is 70.2 Å². The van der Waals surface area contributed by atoms with Crippen LogP contribution in [0.25, 0.3) is 5.76 Å². The lowest BCUT2D eigenvalue weighted by molar-refractivity contribution is -0.172. The Kier molecular flexibility index (Phi) is 7.44. The van der Waals surface area contributed by atoms with Crippen LogP contribution < -0.4 is 15.3 Å². The van der Waals surface area contributed by atoms with Gasteiger partial charge in [-0.3, -0.25) is 14.1 Å². The number of nitrogens with one attached hydrogen (secondary N) is 2. The van der Waals surface area contributed by atoms with Gasteiger partial charge in [0, 0.05) is 18.4 Å². The van der Waals surface area contributed by atoms with Crippen LogP contribution in [0.4, 0.5) is 28.9 Å². The maximum Gasteiger partial charge on any atom is 0.391 e. The van der Waals surface area contributed by atoms with Gasteiger partial charge in [0.2, 0.25) is 10.0 Å². The Balaban J connectivity index is 1.85. The van der Waals surface area contributed by atoms with Crippen LogP contribution in [0.1, 0.15) is 37.8 Å². The number of aliphatic hydroxyl groups is 1. The molecule has 0 spiro atoms. The number of benzene rings is 2. The molecule has 216 valence electrons. The summed E-state index contributed by atoms with van der Waals surface area (Å²) in [6, 6.07) is 7.18. The Morgan fingerprint density at radius 3 is 2.50 bits per heavy atom. The van der Waals surface area contributed by atoms with Crippen molar-refractivity contribution in [1.82, 2.24) is 0 Å². The predicted molar refractivity (Wildman–Crippen MR) is 143 cm³/mol. The summed E-state index contributed by atoms with van der Waals surface area (Å²) in [6.45, 7) is 2.39. The van der Waals surface area contributed by atoms with E-state index in [1.54, 1.807) is 0 Å². The molecule has 0 fully saturated rings. The lowest BCUT2D eigenvalue weighted by Crippen LogP contribution is -2.43. The van der Waals surface area contributed by atoms with Crippen molar-refractivity contribution in [1.29, 1.82) is 0 Å². The molecule has 0 saturated heterocycles. The molecule has 1 aliphatic heterocycles. The monoisotopic (exact) mass is 603 g/mol. The molecule has 3 unspecified atom stereocenters. The Bertz CT molecular complexity index is 1620. The maximum atomic E-state index is 14.3. The van der Waals surface area contributed by atoms with Gasteiger partial charge in [0.1, 0.15) is 23.0 Å². The van der Waals surface area contributed by atoms with Crippen LogP contribution in [-0.4, -0.2) is 44.7 Å². The number of sulfonamides is 1. The molecule has 0 saturated carbocycles. The van der Waals surface area contributed by atoms with E-state index in [-0.39, 0.29) is 34.2 Å². The van der Waals surface area contributed by atoms with Gasteiger partial charge in [-0.25, -0.2) is 12.8 Å². The topological polar surface area (TPSA) is 134 Å². The minimum atomic E-state index is -4.50. The smallest absolute Gasteiger partial charge is 0.391 e. The second kappa shape index (κ2) is 10.0. The van der Waals surface area contributed by atoms with E-state index in [1.807, 2.05) is 0 Å². The van der Waals surface area contributed by atoms with Gasteiger partial charge in [0.05, 0.1) is 28.6 Å². The molecule has 40 heavy (non-hydrogen) atoms. The number of carbonyl (C=O) groups is 1. The van der Waals surface area contributed by atoms with E-state index in [1.165, 1.54) is 31.2 Å². The fourth-order valence-electron chi connectivity index (χ4n) is 4.71. The molecular formula is C25H26F4N3O6PS. The first-order valence-corrected chi connectivity index (χ1v) is 15.4. The zero-order valence-corrected chi connectivity index (χ0v) is 23.5. The molecule has 0 aromatic heterocycles. The van der Waals surface area contributed by atoms with Gasteiger partial charge in [0.15, 0.2) is 5.78 Å². The summed E-state index contributed by atoms with van der Waals surface area (Å²) < 4.78 is 103. The first-order chi connectivity index (χ1) is 18.4. The van der Waals surface area contributed by atoms with Crippen LogP contribution in [0, 0.1) is 11.7 Å². The van der Waals surface area contributed by atoms with E-state index in [0.29, 0.717) is 0 Å². The predicted octanol–water partition coefficient (Wildman–Crippen LogP) is 5.27. The molecule has 2 aliphatic rings. The van der Waals surface area contributed by atoms with Gasteiger partial charge in [-0.15, -0.1) is 0 Å². The highest BCUT2D eigenvalue weighted by atomic mass is 32.2. The third-order valence-corrected chi connectivity index (χ3v) is 9.55. The molecular weight excluding hydrogens is 577 g/mol. The van der Waals surface area contributed by atoms with E-state index in [2.05, 4.69) is 14.8 Å². The third kappa shape index (κ3) is 5.39. The fraction of sp³-hybridized carbons (Fsp3) is 0.360. The maximum absolute atomic E-state index is 14.3. The molecule has 4 rings (SSSR count). The summed E-state index contributed by atoms with van der Waals surface area (Å²) in [6.07, 6.45) is -4.32. The summed E-state index contributed by atoms with van der Waals surface area (Å²) in [7, 11) is -6.77. The zero-order chi connectivity index (χ0) is 29.8. The number of alkyl halides is 3. The van der Waals surface area contributed by atoms with Gasteiger partial charge in [-0.05, 0) is 55.7 Å². The standard InChI is InChI=1S/C25H26F4N3O6PS/c1-13(25(27,28)29)9-10-24(2)17-7-5-14(26)11-16(17)21(33)20(22(24)34)23-30-18-8-6-15(32-40(4,36)37)12-19(18)39(35,31-23)38-3/h5-8,11-13,32-33H,9-10H2,1-4H3,(H,30,31,35). The normalized spacial score (nSPS) is 23.6. The molecule has 0 amide bonds. The Morgan fingerprint density at radius 1 is 1.23 bits per heavy atom. The number of aliphatic hydroxyl groups excluding tert-OH is 1. The number of amidine groups is 1. The van der Waals surface area contributed by atoms with Crippen molar-refractivity contribution < 1.29 is 45.0 Å². The number of Topliss-reactive ketones (excluding diaryl/α,β-unsaturated/α-hetero) is 1. The lowest BCUT2D eigenvalue weighted by Gasteiger charge is -2.37. The quantitative estimate of drug-likeness (QED) is 0.290. The van der Waals surface area contributed by atoms with Crippen molar-refractivity contribution in [2.24, 2.45) is 10.7 Å². The van der Waals surface area contributed by atoms with E-state index in [9.17, 15) is 40.4 Å². The van der Waals surface area contributed by atoms with E-state index in [0.717, 1.165) is 32.4 Å². The molecule has 2 aromatic rings. The molecule has 15 heteroatoms. The Hall–Kier alpha value is -3.22. The summed E-state index contributed by atoms with van der Waals surface area (Å²) >= 11 is 0. The average Bonchev–Trinajstić information content (AvgIpc) is 2.85. The van der Waals surface area contributed by atoms with E-state index in [4.69, 9.17) is 4.52 Å². The summed E-state index contributed by atoms with van der Waals surface area (Å²) in [5.41, 5.74) is -1.94. The van der Waals surface area contributed by atoms with Crippen molar-refractivity contribution in [2.45, 2.75) is 38.3 Å². The molecule has 1 aliphatic carbocycles. The molecule has 2 aromatic carbocycles. The summed E-state index contributed by atoms with van der Waals surface area (Å²) in [5, 5.41) is 13.9. The van der Waals surface area contributed by atoms with Crippen LogP contribution in [0.5, 0.6) is 0 Å². The molecule has 0 bridgehead atoms. The molecule has 9 nitrogen and oxygen atoms in total. The Morgan fingerprint density at radius 2 is 1.90 bits per heavy atom. The van der Waals surface area contributed by atoms with Crippen LogP contribution in [0.2, 0.25) is 0 Å². The molecule has 0 radical (unpaired) electrons. The zero-order valence-electron chi connectivity index (χ0n) is 21.8. The Labute approximate surface area is 227 Å². The number of fused-ring (bicyclic) bond motifs is 2. The highest BCUT2D eigenvalue weighted by Gasteiger charge is 2.48. The second-order valence-electron chi connectivity index (χ2n) is 9.94. The number of hydrogen-bond acceptors (Lipinski definition) is 7. The molecule has 3 atom stereocenters. The van der Waals surface area contributed by atoms with Crippen LogP contribution in [-0.2, 0) is 29.3 Å². The second-order valence-corrected chi connectivity index (χ2v) is 13.8. The van der Waals surface area contributed by atoms with Crippen molar-refractivity contribution >= 4 is 51.6 Å². The SMILES string of the molecule is COP1(=O)N=C(C2=C(O)c3cc(F)ccc3C(C)(CCC(C)C(F)(F)F)C2=O)Nc2ccc(NS(C)(=O)=O)cc21. The highest BCUT2D eigenvalue weighted by Crippen LogP contribution is 2.53. The van der Waals surface area contributed by atoms with Crippen molar-refractivity contribution in [3.05, 3.63) is 58.9 Å².